The summed E-state index contributed by atoms with van der Waals surface area (Å²) in [6.07, 6.45) is 0. The van der Waals surface area contributed by atoms with E-state index < -0.39 is 11.9 Å². The molecule has 5 nitrogen and oxygen atoms in total. The smallest absolute Gasteiger partial charge is 0.343 e. The van der Waals surface area contributed by atoms with Gasteiger partial charge in [-0.2, -0.15) is 0 Å². The first kappa shape index (κ1) is 19.9. The van der Waals surface area contributed by atoms with Crippen LogP contribution < -0.4 is 4.74 Å². The molecule has 1 heterocycles. The van der Waals surface area contributed by atoms with Crippen LogP contribution >= 0.6 is 15.9 Å². The molecule has 0 fully saturated rings. The summed E-state index contributed by atoms with van der Waals surface area (Å²) >= 11 is 3.34. The number of hydrogen-bond donors (Lipinski definition) is 0. The monoisotopic (exact) mass is 464 g/mol. The second kappa shape index (κ2) is 8.55. The third kappa shape index (κ3) is 4.00. The van der Waals surface area contributed by atoms with Crippen molar-refractivity contribution in [1.82, 2.24) is 0 Å². The van der Waals surface area contributed by atoms with E-state index in [-0.39, 0.29) is 6.61 Å². The van der Waals surface area contributed by atoms with Gasteiger partial charge in [0.1, 0.15) is 22.7 Å². The van der Waals surface area contributed by atoms with Crippen molar-refractivity contribution >= 4 is 38.8 Å². The van der Waals surface area contributed by atoms with E-state index in [1.807, 2.05) is 30.3 Å². The van der Waals surface area contributed by atoms with E-state index >= 15 is 0 Å². The van der Waals surface area contributed by atoms with Crippen LogP contribution in [-0.4, -0.2) is 18.5 Å². The van der Waals surface area contributed by atoms with Gasteiger partial charge in [-0.15, -0.1) is 0 Å². The fourth-order valence-corrected chi connectivity index (χ4v) is 3.36. The summed E-state index contributed by atoms with van der Waals surface area (Å²) < 4.78 is 17.6. The Bertz CT molecular complexity index is 1210. The van der Waals surface area contributed by atoms with Crippen molar-refractivity contribution in [3.8, 4) is 17.1 Å². The van der Waals surface area contributed by atoms with Crippen LogP contribution in [0.4, 0.5) is 0 Å². The number of ether oxygens (including phenoxy) is 2. The number of furan rings is 1. The van der Waals surface area contributed by atoms with Crippen LogP contribution in [0.15, 0.2) is 81.7 Å². The maximum Gasteiger partial charge on any atom is 0.343 e. The predicted molar refractivity (Wildman–Crippen MR) is 117 cm³/mol. The summed E-state index contributed by atoms with van der Waals surface area (Å²) in [6.45, 7) is 1.98. The number of benzene rings is 3. The van der Waals surface area contributed by atoms with Crippen LogP contribution in [0.5, 0.6) is 5.75 Å². The Kier molecular flexibility index (Phi) is 5.68. The predicted octanol–water partition coefficient (Wildman–Crippen LogP) is 6.26. The summed E-state index contributed by atoms with van der Waals surface area (Å²) in [7, 11) is 0. The minimum atomic E-state index is -0.494. The van der Waals surface area contributed by atoms with E-state index in [1.54, 1.807) is 49.4 Å². The first-order valence-electron chi connectivity index (χ1n) is 9.33. The lowest BCUT2D eigenvalue weighted by atomic mass is 10.1. The summed E-state index contributed by atoms with van der Waals surface area (Å²) in [5.74, 6) is -0.264. The van der Waals surface area contributed by atoms with Gasteiger partial charge in [-0.25, -0.2) is 9.59 Å². The number of fused-ring (bicyclic) bond motifs is 1. The van der Waals surface area contributed by atoms with Crippen LogP contribution in [0, 0.1) is 0 Å². The summed E-state index contributed by atoms with van der Waals surface area (Å²) in [4.78, 5) is 25.2. The quantitative estimate of drug-likeness (QED) is 0.257. The zero-order chi connectivity index (χ0) is 21.1. The number of esters is 2. The molecule has 0 aliphatic carbocycles. The maximum absolute atomic E-state index is 12.7. The van der Waals surface area contributed by atoms with Gasteiger partial charge in [-0.1, -0.05) is 46.3 Å². The van der Waals surface area contributed by atoms with Gasteiger partial charge >= 0.3 is 11.9 Å². The van der Waals surface area contributed by atoms with E-state index in [2.05, 4.69) is 15.9 Å². The standard InChI is InChI=1S/C24H17BrO5/c1-2-28-24(27)21-19-14-18(29-23(26)16-8-10-17(25)11-9-16)12-13-20(19)30-22(21)15-6-4-3-5-7-15/h3-14H,2H2,1H3. The molecule has 4 aromatic rings. The van der Waals surface area contributed by atoms with Gasteiger partial charge in [0, 0.05) is 15.4 Å². The Morgan fingerprint density at radius 2 is 1.67 bits per heavy atom. The summed E-state index contributed by atoms with van der Waals surface area (Å²) in [6, 6.07) is 21.1. The Labute approximate surface area is 181 Å². The van der Waals surface area contributed by atoms with Crippen LogP contribution in [0.2, 0.25) is 0 Å². The average molecular weight is 465 g/mol. The van der Waals surface area contributed by atoms with Crippen molar-refractivity contribution in [1.29, 1.82) is 0 Å². The Morgan fingerprint density at radius 3 is 2.37 bits per heavy atom. The topological polar surface area (TPSA) is 65.7 Å². The van der Waals surface area contributed by atoms with Crippen LogP contribution in [-0.2, 0) is 4.74 Å². The lowest BCUT2D eigenvalue weighted by molar-refractivity contribution is 0.0528. The highest BCUT2D eigenvalue weighted by atomic mass is 79.9. The lowest BCUT2D eigenvalue weighted by Gasteiger charge is -2.06. The minimum Gasteiger partial charge on any atom is -0.462 e. The highest BCUT2D eigenvalue weighted by molar-refractivity contribution is 9.10. The van der Waals surface area contributed by atoms with Crippen molar-refractivity contribution in [2.24, 2.45) is 0 Å². The van der Waals surface area contributed by atoms with Crippen molar-refractivity contribution in [3.05, 3.63) is 88.4 Å². The third-order valence-electron chi connectivity index (χ3n) is 4.47. The average Bonchev–Trinajstić information content (AvgIpc) is 3.14. The van der Waals surface area contributed by atoms with E-state index in [9.17, 15) is 9.59 Å². The molecule has 0 aliphatic heterocycles. The molecule has 1 aromatic heterocycles. The van der Waals surface area contributed by atoms with Crippen LogP contribution in [0.1, 0.15) is 27.6 Å². The zero-order valence-corrected chi connectivity index (χ0v) is 17.6. The van der Waals surface area contributed by atoms with Gasteiger partial charge in [-0.3, -0.25) is 0 Å². The van der Waals surface area contributed by atoms with Gasteiger partial charge in [0.15, 0.2) is 0 Å². The van der Waals surface area contributed by atoms with Gasteiger partial charge in [0.2, 0.25) is 0 Å². The number of carbonyl (C=O) groups excluding carboxylic acids is 2. The molecule has 0 saturated carbocycles. The second-order valence-corrected chi connectivity index (χ2v) is 7.36. The van der Waals surface area contributed by atoms with E-state index in [4.69, 9.17) is 13.9 Å². The van der Waals surface area contributed by atoms with Crippen molar-refractivity contribution < 1.29 is 23.5 Å². The fraction of sp³-hybridized carbons (Fsp3) is 0.0833. The van der Waals surface area contributed by atoms with Gasteiger partial charge in [0.25, 0.3) is 0 Å². The molecular weight excluding hydrogens is 448 g/mol. The van der Waals surface area contributed by atoms with Crippen molar-refractivity contribution in [2.75, 3.05) is 6.61 Å². The molecule has 3 aromatic carbocycles. The van der Waals surface area contributed by atoms with Gasteiger partial charge in [0.05, 0.1) is 12.2 Å². The lowest BCUT2D eigenvalue weighted by Crippen LogP contribution is -2.08. The molecule has 0 saturated heterocycles. The molecule has 150 valence electrons. The number of rotatable bonds is 5. The molecule has 0 bridgehead atoms. The SMILES string of the molecule is CCOC(=O)c1c(-c2ccccc2)oc2ccc(OC(=O)c3ccc(Br)cc3)cc12. The second-order valence-electron chi connectivity index (χ2n) is 6.45. The number of halogens is 1. The third-order valence-corrected chi connectivity index (χ3v) is 4.99. The molecule has 4 rings (SSSR count). The van der Waals surface area contributed by atoms with Crippen LogP contribution in [0.3, 0.4) is 0 Å². The van der Waals surface area contributed by atoms with E-state index in [1.165, 1.54) is 0 Å². The molecule has 30 heavy (non-hydrogen) atoms. The molecule has 6 heteroatoms. The van der Waals surface area contributed by atoms with Crippen molar-refractivity contribution in [2.45, 2.75) is 6.92 Å². The number of hydrogen-bond acceptors (Lipinski definition) is 5. The fourth-order valence-electron chi connectivity index (χ4n) is 3.09. The zero-order valence-electron chi connectivity index (χ0n) is 16.1. The molecular formula is C24H17BrO5. The molecule has 0 N–H and O–H groups in total. The minimum absolute atomic E-state index is 0.234. The van der Waals surface area contributed by atoms with Gasteiger partial charge in [-0.05, 0) is 49.4 Å². The first-order valence-corrected chi connectivity index (χ1v) is 10.1. The largest absolute Gasteiger partial charge is 0.462 e. The first-order chi connectivity index (χ1) is 14.6. The Morgan fingerprint density at radius 1 is 0.933 bits per heavy atom. The van der Waals surface area contributed by atoms with Crippen LogP contribution in [0.25, 0.3) is 22.3 Å². The Hall–Kier alpha value is -3.38. The molecule has 0 spiro atoms. The molecule has 0 aliphatic rings. The van der Waals surface area contributed by atoms with E-state index in [0.717, 1.165) is 10.0 Å². The number of carbonyl (C=O) groups is 2. The van der Waals surface area contributed by atoms with Crippen molar-refractivity contribution in [3.63, 3.8) is 0 Å². The highest BCUT2D eigenvalue weighted by Gasteiger charge is 2.24. The molecule has 0 unspecified atom stereocenters. The maximum atomic E-state index is 12.7. The summed E-state index contributed by atoms with van der Waals surface area (Å²) in [5, 5.41) is 0.522. The molecule has 0 atom stereocenters. The molecule has 0 amide bonds. The Balaban J connectivity index is 1.75. The van der Waals surface area contributed by atoms with Gasteiger partial charge < -0.3 is 13.9 Å². The highest BCUT2D eigenvalue weighted by Crippen LogP contribution is 2.36. The normalized spacial score (nSPS) is 10.7. The van der Waals surface area contributed by atoms with E-state index in [0.29, 0.717) is 33.6 Å². The molecule has 0 radical (unpaired) electrons. The summed E-state index contributed by atoms with van der Waals surface area (Å²) in [5.41, 5.74) is 1.98.